The average molecular weight is 147 g/mol. The van der Waals surface area contributed by atoms with E-state index in [0.29, 0.717) is 13.1 Å². The molecule has 0 radical (unpaired) electrons. The lowest BCUT2D eigenvalue weighted by atomic mass is 10.4. The van der Waals surface area contributed by atoms with Crippen molar-refractivity contribution in [2.45, 2.75) is 20.3 Å². The molecule has 0 fully saturated rings. The molecule has 2 amide bonds. The van der Waals surface area contributed by atoms with Crippen LogP contribution in [0.15, 0.2) is 0 Å². The van der Waals surface area contributed by atoms with Crippen LogP contribution in [0.4, 0.5) is 4.79 Å². The van der Waals surface area contributed by atoms with Gasteiger partial charge in [-0.05, 0) is 13.0 Å². The summed E-state index contributed by atoms with van der Waals surface area (Å²) >= 11 is 0. The van der Waals surface area contributed by atoms with Crippen LogP contribution in [0, 0.1) is 0 Å². The molecule has 4 nitrogen and oxygen atoms in total. The van der Waals surface area contributed by atoms with Crippen molar-refractivity contribution in [3.8, 4) is 0 Å². The summed E-state index contributed by atoms with van der Waals surface area (Å²) in [6, 6.07) is -0.488. The minimum Gasteiger partial charge on any atom is -0.352 e. The Hall–Kier alpha value is -0.770. The maximum absolute atomic E-state index is 9.94. The highest BCUT2D eigenvalue weighted by atomic mass is 16.2. The Kier molecular flexibility index (Phi) is 13.3. The minimum atomic E-state index is -0.488. The summed E-state index contributed by atoms with van der Waals surface area (Å²) in [6.45, 7) is 5.16. The van der Waals surface area contributed by atoms with E-state index in [0.717, 1.165) is 6.42 Å². The van der Waals surface area contributed by atoms with Crippen LogP contribution in [0.1, 0.15) is 20.3 Å². The zero-order chi connectivity index (χ0) is 8.41. The highest BCUT2D eigenvalue weighted by Crippen LogP contribution is 1.66. The second kappa shape index (κ2) is 11.1. The minimum absolute atomic E-state index is 0.488. The van der Waals surface area contributed by atoms with Crippen LogP contribution < -0.4 is 16.8 Å². The lowest BCUT2D eigenvalue weighted by Gasteiger charge is -1.96. The maximum Gasteiger partial charge on any atom is 0.312 e. The highest BCUT2D eigenvalue weighted by Gasteiger charge is 1.86. The molecule has 0 atom stereocenters. The van der Waals surface area contributed by atoms with E-state index in [-0.39, 0.29) is 0 Å². The molecule has 0 aromatic heterocycles. The molecule has 0 heterocycles. The Morgan fingerprint density at radius 1 is 1.50 bits per heavy atom. The molecule has 0 aromatic rings. The summed E-state index contributed by atoms with van der Waals surface area (Å²) in [5.74, 6) is 0. The molecular weight excluding hydrogens is 130 g/mol. The molecule has 0 aliphatic carbocycles. The third-order valence-electron chi connectivity index (χ3n) is 0.680. The molecule has 0 rings (SSSR count). The van der Waals surface area contributed by atoms with Gasteiger partial charge in [0.25, 0.3) is 0 Å². The first-order valence-corrected chi connectivity index (χ1v) is 3.50. The Labute approximate surface area is 62.0 Å². The molecule has 0 aliphatic rings. The quantitative estimate of drug-likeness (QED) is 0.492. The van der Waals surface area contributed by atoms with E-state index < -0.39 is 6.03 Å². The van der Waals surface area contributed by atoms with Crippen LogP contribution >= 0.6 is 0 Å². The summed E-state index contributed by atoms with van der Waals surface area (Å²) in [5, 5.41) is 2.41. The Bertz CT molecular complexity index is 75.4. The Morgan fingerprint density at radius 3 is 2.30 bits per heavy atom. The Morgan fingerprint density at radius 2 is 2.00 bits per heavy atom. The smallest absolute Gasteiger partial charge is 0.312 e. The molecule has 0 aliphatic heterocycles. The molecule has 0 bridgehead atoms. The summed E-state index contributed by atoms with van der Waals surface area (Å²) < 4.78 is 0. The van der Waals surface area contributed by atoms with Crippen molar-refractivity contribution in [2.24, 2.45) is 11.5 Å². The summed E-state index contributed by atoms with van der Waals surface area (Å²) in [6.07, 6.45) is 0.781. The van der Waals surface area contributed by atoms with Gasteiger partial charge in [0.2, 0.25) is 0 Å². The van der Waals surface area contributed by atoms with Gasteiger partial charge in [-0.15, -0.1) is 0 Å². The second-order valence-corrected chi connectivity index (χ2v) is 1.43. The van der Waals surface area contributed by atoms with E-state index in [1.54, 1.807) is 0 Å². The number of carbonyl (C=O) groups excluding carboxylic acids is 1. The van der Waals surface area contributed by atoms with Gasteiger partial charge in [0.1, 0.15) is 0 Å². The van der Waals surface area contributed by atoms with Crippen LogP contribution in [0.3, 0.4) is 0 Å². The topological polar surface area (TPSA) is 81.1 Å². The van der Waals surface area contributed by atoms with E-state index >= 15 is 0 Å². The monoisotopic (exact) mass is 147 g/mol. The summed E-state index contributed by atoms with van der Waals surface area (Å²) in [7, 11) is 0. The number of hydrogen-bond acceptors (Lipinski definition) is 2. The van der Waals surface area contributed by atoms with Crippen molar-refractivity contribution in [1.82, 2.24) is 5.32 Å². The van der Waals surface area contributed by atoms with Crippen LogP contribution in [-0.2, 0) is 0 Å². The number of urea groups is 1. The molecule has 0 unspecified atom stereocenters. The van der Waals surface area contributed by atoms with Crippen molar-refractivity contribution in [2.75, 3.05) is 13.1 Å². The van der Waals surface area contributed by atoms with Crippen molar-refractivity contribution in [3.63, 3.8) is 0 Å². The fraction of sp³-hybridized carbons (Fsp3) is 0.833. The van der Waals surface area contributed by atoms with E-state index in [2.05, 4.69) is 5.32 Å². The lowest BCUT2D eigenvalue weighted by Crippen LogP contribution is -2.30. The summed E-state index contributed by atoms with van der Waals surface area (Å²) in [5.41, 5.74) is 9.86. The molecule has 0 saturated carbocycles. The number of nitrogens with one attached hydrogen (secondary N) is 1. The lowest BCUT2D eigenvalue weighted by molar-refractivity contribution is 0.249. The largest absolute Gasteiger partial charge is 0.352 e. The molecule has 0 aromatic carbocycles. The van der Waals surface area contributed by atoms with Gasteiger partial charge >= 0.3 is 6.03 Å². The van der Waals surface area contributed by atoms with Crippen LogP contribution in [0.2, 0.25) is 0 Å². The van der Waals surface area contributed by atoms with Gasteiger partial charge in [-0.3, -0.25) is 0 Å². The number of nitrogens with two attached hydrogens (primary N) is 2. The first kappa shape index (κ1) is 12.0. The van der Waals surface area contributed by atoms with Gasteiger partial charge in [0.05, 0.1) is 0 Å². The van der Waals surface area contributed by atoms with Crippen LogP contribution in [0.5, 0.6) is 0 Å². The predicted octanol–water partition coefficient (Wildman–Crippen LogP) is 0.0297. The van der Waals surface area contributed by atoms with Gasteiger partial charge in [0, 0.05) is 6.54 Å². The molecule has 4 heteroatoms. The number of carbonyl (C=O) groups is 1. The number of rotatable bonds is 3. The van der Waals surface area contributed by atoms with Gasteiger partial charge in [0.15, 0.2) is 0 Å². The zero-order valence-electron chi connectivity index (χ0n) is 6.68. The van der Waals surface area contributed by atoms with E-state index in [9.17, 15) is 4.79 Å². The van der Waals surface area contributed by atoms with Crippen molar-refractivity contribution < 1.29 is 4.79 Å². The highest BCUT2D eigenvalue weighted by molar-refractivity contribution is 5.71. The molecular formula is C6H17N3O. The van der Waals surface area contributed by atoms with Crippen LogP contribution in [-0.4, -0.2) is 19.1 Å². The molecule has 5 N–H and O–H groups in total. The summed E-state index contributed by atoms with van der Waals surface area (Å²) in [4.78, 5) is 9.94. The molecule has 0 saturated heterocycles. The number of primary amides is 1. The first-order chi connectivity index (χ1) is 4.77. The maximum atomic E-state index is 9.94. The second-order valence-electron chi connectivity index (χ2n) is 1.43. The predicted molar refractivity (Wildman–Crippen MR) is 42.6 cm³/mol. The number of hydrogen-bond donors (Lipinski definition) is 3. The fourth-order valence-corrected chi connectivity index (χ4v) is 0.314. The standard InChI is InChI=1S/C4H11N3O.C2H6/c5-2-1-3-7-4(6)8;1-2/h1-3,5H2,(H3,6,7,8);1-2H3. The van der Waals surface area contributed by atoms with Gasteiger partial charge in [-0.1, -0.05) is 13.8 Å². The molecule has 10 heavy (non-hydrogen) atoms. The average Bonchev–Trinajstić information content (AvgIpc) is 1.92. The third-order valence-corrected chi connectivity index (χ3v) is 0.680. The van der Waals surface area contributed by atoms with E-state index in [1.807, 2.05) is 13.8 Å². The first-order valence-electron chi connectivity index (χ1n) is 3.50. The zero-order valence-corrected chi connectivity index (χ0v) is 6.68. The SMILES string of the molecule is CC.NCCCNC(N)=O. The van der Waals surface area contributed by atoms with Gasteiger partial charge in [-0.25, -0.2) is 4.79 Å². The van der Waals surface area contributed by atoms with Crippen LogP contribution in [0.25, 0.3) is 0 Å². The third kappa shape index (κ3) is 15.7. The normalized spacial score (nSPS) is 7.50. The molecule has 62 valence electrons. The van der Waals surface area contributed by atoms with Crippen molar-refractivity contribution in [1.29, 1.82) is 0 Å². The Balaban J connectivity index is 0. The van der Waals surface area contributed by atoms with Crippen molar-refractivity contribution >= 4 is 6.03 Å². The molecule has 0 spiro atoms. The van der Waals surface area contributed by atoms with Crippen molar-refractivity contribution in [3.05, 3.63) is 0 Å². The number of amides is 2. The van der Waals surface area contributed by atoms with E-state index in [1.165, 1.54) is 0 Å². The van der Waals surface area contributed by atoms with E-state index in [4.69, 9.17) is 11.5 Å². The fourth-order valence-electron chi connectivity index (χ4n) is 0.314. The van der Waals surface area contributed by atoms with Gasteiger partial charge < -0.3 is 16.8 Å². The van der Waals surface area contributed by atoms with Gasteiger partial charge in [-0.2, -0.15) is 0 Å².